The van der Waals surface area contributed by atoms with Gasteiger partial charge in [-0.05, 0) is 37.0 Å². The van der Waals surface area contributed by atoms with Gasteiger partial charge in [-0.1, -0.05) is 6.42 Å². The number of fused-ring (bicyclic) bond motifs is 3. The van der Waals surface area contributed by atoms with Crippen LogP contribution >= 0.6 is 0 Å². The molecule has 2 N–H and O–H groups in total. The summed E-state index contributed by atoms with van der Waals surface area (Å²) in [6.45, 7) is 0.920. The van der Waals surface area contributed by atoms with E-state index >= 15 is 0 Å². The number of imidazole rings is 1. The zero-order valence-corrected chi connectivity index (χ0v) is 11.6. The number of anilines is 1. The summed E-state index contributed by atoms with van der Waals surface area (Å²) >= 11 is 0. The van der Waals surface area contributed by atoms with Gasteiger partial charge < -0.3 is 10.5 Å². The second-order valence-electron chi connectivity index (χ2n) is 6.07. The fourth-order valence-electron chi connectivity index (χ4n) is 4.10. The average Bonchev–Trinajstić information content (AvgIpc) is 3.14. The Balaban J connectivity index is 1.71. The van der Waals surface area contributed by atoms with Crippen molar-refractivity contribution in [2.45, 2.75) is 32.2 Å². The highest BCUT2D eigenvalue weighted by Crippen LogP contribution is 2.49. The molecule has 0 amide bonds. The van der Waals surface area contributed by atoms with E-state index in [1.54, 1.807) is 7.11 Å². The van der Waals surface area contributed by atoms with Crippen molar-refractivity contribution < 1.29 is 4.74 Å². The van der Waals surface area contributed by atoms with Crippen molar-refractivity contribution in [2.24, 2.45) is 17.8 Å². The predicted octanol–water partition coefficient (Wildman–Crippen LogP) is 1.85. The van der Waals surface area contributed by atoms with Crippen LogP contribution in [-0.2, 0) is 6.54 Å². The molecule has 0 aliphatic heterocycles. The molecule has 3 unspecified atom stereocenters. The van der Waals surface area contributed by atoms with Crippen molar-refractivity contribution in [3.63, 3.8) is 0 Å². The highest BCUT2D eigenvalue weighted by atomic mass is 16.5. The van der Waals surface area contributed by atoms with E-state index in [1.807, 2.05) is 4.57 Å². The fourth-order valence-corrected chi connectivity index (χ4v) is 4.10. The van der Waals surface area contributed by atoms with Gasteiger partial charge in [0.2, 0.25) is 11.8 Å². The normalized spacial score (nSPS) is 28.4. The number of nitrogen functional groups attached to an aromatic ring is 1. The van der Waals surface area contributed by atoms with E-state index in [9.17, 15) is 0 Å². The molecule has 106 valence electrons. The van der Waals surface area contributed by atoms with Crippen molar-refractivity contribution in [2.75, 3.05) is 12.8 Å². The Morgan fingerprint density at radius 3 is 2.95 bits per heavy atom. The molecule has 0 radical (unpaired) electrons. The molecule has 2 saturated carbocycles. The lowest BCUT2D eigenvalue weighted by Gasteiger charge is -2.22. The number of nitrogens with two attached hydrogens (primary N) is 1. The first-order chi connectivity index (χ1) is 9.76. The van der Waals surface area contributed by atoms with Gasteiger partial charge in [-0.25, -0.2) is 9.97 Å². The molecule has 4 rings (SSSR count). The number of hydrogen-bond acceptors (Lipinski definition) is 5. The van der Waals surface area contributed by atoms with Gasteiger partial charge in [0, 0.05) is 6.54 Å². The summed E-state index contributed by atoms with van der Waals surface area (Å²) < 4.78 is 7.27. The lowest BCUT2D eigenvalue weighted by atomic mass is 9.89. The van der Waals surface area contributed by atoms with Crippen LogP contribution in [0.4, 0.5) is 5.95 Å². The summed E-state index contributed by atoms with van der Waals surface area (Å²) in [5.74, 6) is 3.52. The largest absolute Gasteiger partial charge is 0.479 e. The van der Waals surface area contributed by atoms with Crippen LogP contribution in [0.3, 0.4) is 0 Å². The van der Waals surface area contributed by atoms with Crippen LogP contribution in [0, 0.1) is 17.8 Å². The molecule has 20 heavy (non-hydrogen) atoms. The predicted molar refractivity (Wildman–Crippen MR) is 75.2 cm³/mol. The zero-order chi connectivity index (χ0) is 13.7. The molecular formula is C14H19N5O. The Morgan fingerprint density at radius 2 is 2.25 bits per heavy atom. The van der Waals surface area contributed by atoms with Gasteiger partial charge in [0.1, 0.15) is 6.33 Å². The summed E-state index contributed by atoms with van der Waals surface area (Å²) in [6, 6.07) is 0. The summed E-state index contributed by atoms with van der Waals surface area (Å²) in [6.07, 6.45) is 7.03. The summed E-state index contributed by atoms with van der Waals surface area (Å²) in [5.41, 5.74) is 7.53. The van der Waals surface area contributed by atoms with Crippen molar-refractivity contribution >= 4 is 17.1 Å². The molecular weight excluding hydrogens is 254 g/mol. The number of rotatable bonds is 3. The molecule has 0 aromatic carbocycles. The third kappa shape index (κ3) is 1.67. The van der Waals surface area contributed by atoms with E-state index in [0.29, 0.717) is 17.3 Å². The van der Waals surface area contributed by atoms with Crippen molar-refractivity contribution in [1.82, 2.24) is 19.5 Å². The Bertz CT molecular complexity index is 652. The second kappa shape index (κ2) is 4.33. The second-order valence-corrected chi connectivity index (χ2v) is 6.07. The van der Waals surface area contributed by atoms with Crippen LogP contribution in [0.2, 0.25) is 0 Å². The lowest BCUT2D eigenvalue weighted by Crippen LogP contribution is -2.18. The first kappa shape index (κ1) is 11.9. The molecule has 2 aromatic rings. The molecule has 0 saturated heterocycles. The van der Waals surface area contributed by atoms with Crippen LogP contribution in [0.1, 0.15) is 25.7 Å². The highest BCUT2D eigenvalue weighted by Gasteiger charge is 2.39. The summed E-state index contributed by atoms with van der Waals surface area (Å²) in [7, 11) is 1.59. The SMILES string of the molecule is COc1ncnc2c1nc(N)n2CC1CC2CCC1C2. The topological polar surface area (TPSA) is 78.8 Å². The van der Waals surface area contributed by atoms with Gasteiger partial charge in [0.05, 0.1) is 7.11 Å². The molecule has 2 fully saturated rings. The van der Waals surface area contributed by atoms with Gasteiger partial charge in [-0.15, -0.1) is 0 Å². The quantitative estimate of drug-likeness (QED) is 0.923. The molecule has 2 aromatic heterocycles. The monoisotopic (exact) mass is 273 g/mol. The Morgan fingerprint density at radius 1 is 1.35 bits per heavy atom. The van der Waals surface area contributed by atoms with Crippen LogP contribution in [0.25, 0.3) is 11.2 Å². The minimum absolute atomic E-state index is 0.494. The van der Waals surface area contributed by atoms with Gasteiger partial charge >= 0.3 is 0 Å². The Kier molecular flexibility index (Phi) is 2.58. The zero-order valence-electron chi connectivity index (χ0n) is 11.6. The third-order valence-electron chi connectivity index (χ3n) is 5.02. The van der Waals surface area contributed by atoms with Crippen LogP contribution in [0.5, 0.6) is 5.88 Å². The van der Waals surface area contributed by atoms with Crippen molar-refractivity contribution in [1.29, 1.82) is 0 Å². The molecule has 3 atom stereocenters. The van der Waals surface area contributed by atoms with Crippen LogP contribution < -0.4 is 10.5 Å². The van der Waals surface area contributed by atoms with E-state index in [0.717, 1.165) is 29.9 Å². The maximum Gasteiger partial charge on any atom is 0.245 e. The Labute approximate surface area is 117 Å². The maximum atomic E-state index is 6.08. The highest BCUT2D eigenvalue weighted by molar-refractivity contribution is 5.78. The number of aromatic nitrogens is 4. The average molecular weight is 273 g/mol. The van der Waals surface area contributed by atoms with Gasteiger partial charge in [-0.2, -0.15) is 4.98 Å². The molecule has 2 aliphatic carbocycles. The standard InChI is InChI=1S/C14H19N5O/c1-20-13-11-12(16-7-17-13)19(14(15)18-11)6-10-5-8-2-3-9(10)4-8/h7-10H,2-6H2,1H3,(H2,15,18). The van der Waals surface area contributed by atoms with Crippen LogP contribution in [-0.4, -0.2) is 26.6 Å². The lowest BCUT2D eigenvalue weighted by molar-refractivity contribution is 0.299. The van der Waals surface area contributed by atoms with E-state index in [-0.39, 0.29) is 0 Å². The molecule has 6 heteroatoms. The minimum Gasteiger partial charge on any atom is -0.479 e. The van der Waals surface area contributed by atoms with Gasteiger partial charge in [0.25, 0.3) is 0 Å². The first-order valence-corrected chi connectivity index (χ1v) is 7.27. The molecule has 6 nitrogen and oxygen atoms in total. The smallest absolute Gasteiger partial charge is 0.245 e. The summed E-state index contributed by atoms with van der Waals surface area (Å²) in [5, 5.41) is 0. The minimum atomic E-state index is 0.494. The molecule has 2 bridgehead atoms. The van der Waals surface area contributed by atoms with Crippen molar-refractivity contribution in [3.8, 4) is 5.88 Å². The van der Waals surface area contributed by atoms with E-state index in [1.165, 1.54) is 32.0 Å². The Hall–Kier alpha value is -1.85. The van der Waals surface area contributed by atoms with Crippen molar-refractivity contribution in [3.05, 3.63) is 6.33 Å². The maximum absolute atomic E-state index is 6.08. The molecule has 0 spiro atoms. The molecule has 2 aliphatic rings. The molecule has 2 heterocycles. The van der Waals surface area contributed by atoms with Gasteiger partial charge in [0.15, 0.2) is 11.2 Å². The number of nitrogens with zero attached hydrogens (tertiary/aromatic N) is 4. The van der Waals surface area contributed by atoms with E-state index in [4.69, 9.17) is 10.5 Å². The first-order valence-electron chi connectivity index (χ1n) is 7.27. The van der Waals surface area contributed by atoms with Gasteiger partial charge in [-0.3, -0.25) is 4.57 Å². The fraction of sp³-hybridized carbons (Fsp3) is 0.643. The summed E-state index contributed by atoms with van der Waals surface area (Å²) in [4.78, 5) is 12.8. The number of hydrogen-bond donors (Lipinski definition) is 1. The van der Waals surface area contributed by atoms with E-state index < -0.39 is 0 Å². The number of ether oxygens (including phenoxy) is 1. The van der Waals surface area contributed by atoms with E-state index in [2.05, 4.69) is 15.0 Å². The third-order valence-corrected chi connectivity index (χ3v) is 5.02. The van der Waals surface area contributed by atoms with Crippen LogP contribution in [0.15, 0.2) is 6.33 Å². The number of methoxy groups -OCH3 is 1.